The number of carbonyl (C=O) groups excluding carboxylic acids is 1. The first-order chi connectivity index (χ1) is 15.2. The lowest BCUT2D eigenvalue weighted by Gasteiger charge is -2.28. The van der Waals surface area contributed by atoms with E-state index in [1.807, 2.05) is 45.9 Å². The first-order valence-corrected chi connectivity index (χ1v) is 12.8. The average molecular weight is 497 g/mol. The molecule has 1 atom stereocenters. The number of carbonyl (C=O) groups is 1. The molecule has 0 bridgehead atoms. The molecule has 1 unspecified atom stereocenters. The van der Waals surface area contributed by atoms with E-state index in [9.17, 15) is 9.00 Å². The average Bonchev–Trinajstić information content (AvgIpc) is 2.67. The van der Waals surface area contributed by atoms with Crippen molar-refractivity contribution in [2.24, 2.45) is 0 Å². The van der Waals surface area contributed by atoms with Gasteiger partial charge in [-0.3, -0.25) is 0 Å². The number of halogens is 1. The van der Waals surface area contributed by atoms with Crippen molar-refractivity contribution in [2.75, 3.05) is 27.0 Å². The highest BCUT2D eigenvalue weighted by atomic mass is 35.5. The largest absolute Gasteiger partial charge is 0.496 e. The van der Waals surface area contributed by atoms with Gasteiger partial charge in [-0.05, 0) is 69.0 Å². The predicted octanol–water partition coefficient (Wildman–Crippen LogP) is 5.68. The van der Waals surface area contributed by atoms with E-state index in [2.05, 4.69) is 0 Å². The van der Waals surface area contributed by atoms with Crippen molar-refractivity contribution >= 4 is 27.4 Å². The minimum atomic E-state index is -3.01. The molecule has 0 spiro atoms. The molecule has 1 amide bonds. The van der Waals surface area contributed by atoms with Crippen molar-refractivity contribution < 1.29 is 23.2 Å². The van der Waals surface area contributed by atoms with Gasteiger partial charge < -0.3 is 19.1 Å². The molecule has 1 N–H and O–H groups in total. The van der Waals surface area contributed by atoms with Gasteiger partial charge in [-0.25, -0.2) is 13.8 Å². The van der Waals surface area contributed by atoms with Gasteiger partial charge in [-0.2, -0.15) is 0 Å². The number of ether oxygens (including phenoxy) is 3. The van der Waals surface area contributed by atoms with E-state index in [0.29, 0.717) is 36.0 Å². The molecule has 0 aliphatic heterocycles. The molecule has 0 saturated heterocycles. The number of methoxy groups -OCH3 is 2. The molecular weight excluding hydrogens is 464 g/mol. The Balaban J connectivity index is 2.37. The quantitative estimate of drug-likeness (QED) is 0.507. The maximum atomic E-state index is 13.0. The van der Waals surface area contributed by atoms with Gasteiger partial charge in [0, 0.05) is 30.4 Å². The van der Waals surface area contributed by atoms with E-state index >= 15 is 0 Å². The number of benzene rings is 2. The fourth-order valence-corrected chi connectivity index (χ4v) is 4.54. The van der Waals surface area contributed by atoms with Crippen LogP contribution in [0.15, 0.2) is 35.2 Å². The van der Waals surface area contributed by atoms with Crippen LogP contribution in [0, 0.1) is 11.7 Å². The highest BCUT2D eigenvalue weighted by Gasteiger charge is 2.24. The lowest BCUT2D eigenvalue weighted by Crippen LogP contribution is -2.37. The van der Waals surface area contributed by atoms with Crippen LogP contribution in [-0.4, -0.2) is 47.8 Å². The van der Waals surface area contributed by atoms with Crippen LogP contribution in [-0.2, 0) is 27.4 Å². The van der Waals surface area contributed by atoms with E-state index in [-0.39, 0.29) is 4.90 Å². The second-order valence-corrected chi connectivity index (χ2v) is 11.5. The third-order valence-electron chi connectivity index (χ3n) is 4.76. The monoisotopic (exact) mass is 496 g/mol. The highest BCUT2D eigenvalue weighted by Crippen LogP contribution is 2.33. The Labute approximate surface area is 202 Å². The summed E-state index contributed by atoms with van der Waals surface area (Å²) in [4.78, 5) is 14.9. The van der Waals surface area contributed by atoms with Crippen molar-refractivity contribution in [1.82, 2.24) is 4.90 Å². The number of nitrogens with zero attached hydrogens (tertiary/aromatic N) is 1. The fraction of sp³-hybridized carbons (Fsp3) is 0.458. The van der Waals surface area contributed by atoms with Crippen LogP contribution < -0.4 is 9.47 Å². The normalized spacial score (nSPS) is 13.2. The number of amides is 1. The summed E-state index contributed by atoms with van der Waals surface area (Å²) in [5.41, 5.74) is 2.02. The van der Waals surface area contributed by atoms with Crippen molar-refractivity contribution in [3.63, 3.8) is 0 Å². The van der Waals surface area contributed by atoms with Gasteiger partial charge in [-0.1, -0.05) is 17.7 Å². The minimum absolute atomic E-state index is 0.268. The van der Waals surface area contributed by atoms with Crippen LogP contribution in [0.3, 0.4) is 0 Å². The van der Waals surface area contributed by atoms with Gasteiger partial charge >= 0.3 is 6.09 Å². The number of nitrogens with one attached hydrogen (secondary N) is 1. The van der Waals surface area contributed by atoms with Crippen molar-refractivity contribution in [3.8, 4) is 11.5 Å². The highest BCUT2D eigenvalue weighted by molar-refractivity contribution is 7.91. The van der Waals surface area contributed by atoms with Gasteiger partial charge in [0.05, 0.1) is 28.8 Å². The molecular formula is C24H33ClN2O5S. The molecule has 33 heavy (non-hydrogen) atoms. The first-order valence-electron chi connectivity index (χ1n) is 10.5. The second-order valence-electron chi connectivity index (χ2n) is 8.95. The smallest absolute Gasteiger partial charge is 0.410 e. The van der Waals surface area contributed by atoms with Crippen molar-refractivity contribution in [3.05, 3.63) is 52.0 Å². The van der Waals surface area contributed by atoms with E-state index in [0.717, 1.165) is 16.7 Å². The zero-order valence-electron chi connectivity index (χ0n) is 20.3. The SMILES string of the molecule is COc1cc(S(C)(=N)=O)c(OC)cc1CCN(Cc1cc(C)cc(Cl)c1)C(=O)OC(C)(C)C. The molecule has 0 aliphatic rings. The summed E-state index contributed by atoms with van der Waals surface area (Å²) in [7, 11) is -0.0331. The van der Waals surface area contributed by atoms with E-state index in [1.54, 1.807) is 17.0 Å². The van der Waals surface area contributed by atoms with E-state index in [4.69, 9.17) is 30.6 Å². The maximum absolute atomic E-state index is 13.0. The van der Waals surface area contributed by atoms with Crippen molar-refractivity contribution in [1.29, 1.82) is 4.78 Å². The van der Waals surface area contributed by atoms with Gasteiger partial charge in [0.1, 0.15) is 17.1 Å². The third-order valence-corrected chi connectivity index (χ3v) is 6.14. The maximum Gasteiger partial charge on any atom is 0.410 e. The minimum Gasteiger partial charge on any atom is -0.496 e. The Hall–Kier alpha value is -2.45. The molecule has 9 heteroatoms. The summed E-state index contributed by atoms with van der Waals surface area (Å²) in [6.45, 7) is 8.07. The Morgan fingerprint density at radius 1 is 1.09 bits per heavy atom. The summed E-state index contributed by atoms with van der Waals surface area (Å²) in [5, 5.41) is 0.606. The lowest BCUT2D eigenvalue weighted by molar-refractivity contribution is 0.0235. The number of hydrogen-bond acceptors (Lipinski definition) is 6. The molecule has 2 rings (SSSR count). The van der Waals surface area contributed by atoms with Crippen LogP contribution in [0.5, 0.6) is 11.5 Å². The second kappa shape index (κ2) is 10.7. The molecule has 0 heterocycles. The van der Waals surface area contributed by atoms with Crippen LogP contribution in [0.2, 0.25) is 5.02 Å². The summed E-state index contributed by atoms with van der Waals surface area (Å²) in [6, 6.07) is 8.95. The molecule has 0 aromatic heterocycles. The molecule has 2 aromatic carbocycles. The standard InChI is InChI=1S/C24H33ClN2O5S/c1-16-10-17(12-19(25)11-16)15-27(23(28)32-24(2,3)4)9-8-18-13-21(31-6)22(33(7,26)29)14-20(18)30-5/h10-14,26H,8-9,15H2,1-7H3. The topological polar surface area (TPSA) is 88.9 Å². The van der Waals surface area contributed by atoms with Crippen LogP contribution in [0.1, 0.15) is 37.5 Å². The summed E-state index contributed by atoms with van der Waals surface area (Å²) in [6.07, 6.45) is 1.33. The molecule has 0 saturated carbocycles. The molecule has 0 radical (unpaired) electrons. The van der Waals surface area contributed by atoms with Crippen LogP contribution in [0.25, 0.3) is 0 Å². The number of hydrogen-bond donors (Lipinski definition) is 1. The molecule has 2 aromatic rings. The van der Waals surface area contributed by atoms with Gasteiger partial charge in [0.2, 0.25) is 0 Å². The Morgan fingerprint density at radius 2 is 1.73 bits per heavy atom. The first kappa shape index (κ1) is 26.8. The number of aryl methyl sites for hydroxylation is 1. The number of rotatable bonds is 8. The Bertz CT molecular complexity index is 1090. The van der Waals surface area contributed by atoms with Gasteiger partial charge in [0.15, 0.2) is 0 Å². The Morgan fingerprint density at radius 3 is 2.24 bits per heavy atom. The fourth-order valence-electron chi connectivity index (χ4n) is 3.37. The predicted molar refractivity (Wildman–Crippen MR) is 131 cm³/mol. The molecule has 182 valence electrons. The zero-order chi connectivity index (χ0) is 25.0. The molecule has 7 nitrogen and oxygen atoms in total. The van der Waals surface area contributed by atoms with Crippen molar-refractivity contribution in [2.45, 2.75) is 51.2 Å². The van der Waals surface area contributed by atoms with Gasteiger partial charge in [0.25, 0.3) is 0 Å². The van der Waals surface area contributed by atoms with E-state index in [1.165, 1.54) is 20.5 Å². The third kappa shape index (κ3) is 7.82. The van der Waals surface area contributed by atoms with Crippen LogP contribution in [0.4, 0.5) is 4.79 Å². The zero-order valence-corrected chi connectivity index (χ0v) is 21.9. The van der Waals surface area contributed by atoms with E-state index < -0.39 is 21.4 Å². The van der Waals surface area contributed by atoms with Gasteiger partial charge in [-0.15, -0.1) is 0 Å². The summed E-state index contributed by atoms with van der Waals surface area (Å²) in [5.74, 6) is 0.831. The molecule has 0 fully saturated rings. The summed E-state index contributed by atoms with van der Waals surface area (Å²) >= 11 is 6.21. The summed E-state index contributed by atoms with van der Waals surface area (Å²) < 4.78 is 36.8. The lowest BCUT2D eigenvalue weighted by atomic mass is 10.1. The Kier molecular flexibility index (Phi) is 8.65. The molecule has 0 aliphatic carbocycles. The van der Waals surface area contributed by atoms with Crippen LogP contribution >= 0.6 is 11.6 Å².